The highest BCUT2D eigenvalue weighted by Crippen LogP contribution is 2.43. The molecule has 160 valence electrons. The van der Waals surface area contributed by atoms with Crippen molar-refractivity contribution < 1.29 is 9.72 Å². The van der Waals surface area contributed by atoms with Crippen LogP contribution in [0.15, 0.2) is 40.3 Å². The van der Waals surface area contributed by atoms with Crippen LogP contribution < -0.4 is 15.8 Å². The van der Waals surface area contributed by atoms with E-state index in [1.807, 2.05) is 0 Å². The van der Waals surface area contributed by atoms with Gasteiger partial charge in [-0.2, -0.15) is 4.98 Å². The Bertz CT molecular complexity index is 1150. The van der Waals surface area contributed by atoms with Gasteiger partial charge in [0.25, 0.3) is 11.2 Å². The van der Waals surface area contributed by atoms with Crippen molar-refractivity contribution in [3.63, 3.8) is 0 Å². The van der Waals surface area contributed by atoms with E-state index in [1.54, 1.807) is 12.1 Å². The first-order valence-electron chi connectivity index (χ1n) is 10.7. The highest BCUT2D eigenvalue weighted by Gasteiger charge is 2.38. The van der Waals surface area contributed by atoms with E-state index in [0.29, 0.717) is 41.3 Å². The molecule has 5 rings (SSSR count). The third-order valence-corrected chi connectivity index (χ3v) is 6.34. The standard InChI is InChI=1S/C22H23N5O4/c28-16-6-4-5-15-18(16)17(13-7-9-14(10-8-13)27(30)31)19-20(23-15)24-22(25-21(19)29)26-11-2-1-3-12-26/h7-10,17H,1-6,11-12H2,(H2,23,24,25,29). The molecule has 0 radical (unpaired) electrons. The zero-order valence-corrected chi connectivity index (χ0v) is 17.0. The van der Waals surface area contributed by atoms with Crippen LogP contribution in [0.25, 0.3) is 0 Å². The molecule has 0 spiro atoms. The summed E-state index contributed by atoms with van der Waals surface area (Å²) in [4.78, 5) is 46.5. The molecule has 9 nitrogen and oxygen atoms in total. The van der Waals surface area contributed by atoms with Crippen molar-refractivity contribution in [2.24, 2.45) is 0 Å². The fourth-order valence-corrected chi connectivity index (χ4v) is 4.83. The summed E-state index contributed by atoms with van der Waals surface area (Å²) in [5.41, 5.74) is 2.12. The fourth-order valence-electron chi connectivity index (χ4n) is 4.83. The van der Waals surface area contributed by atoms with Crippen molar-refractivity contribution in [1.29, 1.82) is 0 Å². The molecule has 1 unspecified atom stereocenters. The quantitative estimate of drug-likeness (QED) is 0.576. The highest BCUT2D eigenvalue weighted by atomic mass is 16.6. The fraction of sp³-hybridized carbons (Fsp3) is 0.409. The lowest BCUT2D eigenvalue weighted by Crippen LogP contribution is -2.36. The number of aromatic amines is 1. The second-order valence-corrected chi connectivity index (χ2v) is 8.28. The number of hydrogen-bond acceptors (Lipinski definition) is 7. The van der Waals surface area contributed by atoms with Crippen LogP contribution in [-0.4, -0.2) is 33.8 Å². The van der Waals surface area contributed by atoms with Gasteiger partial charge in [-0.05, 0) is 37.7 Å². The van der Waals surface area contributed by atoms with E-state index in [0.717, 1.165) is 38.0 Å². The second kappa shape index (κ2) is 7.64. The van der Waals surface area contributed by atoms with Crippen LogP contribution in [0.5, 0.6) is 0 Å². The van der Waals surface area contributed by atoms with E-state index in [-0.39, 0.29) is 17.0 Å². The first-order chi connectivity index (χ1) is 15.0. The van der Waals surface area contributed by atoms with Gasteiger partial charge < -0.3 is 10.2 Å². The Labute approximate surface area is 178 Å². The number of nitro benzene ring substituents is 1. The Morgan fingerprint density at radius 1 is 1.03 bits per heavy atom. The summed E-state index contributed by atoms with van der Waals surface area (Å²) in [6.07, 6.45) is 5.17. The molecule has 0 saturated carbocycles. The van der Waals surface area contributed by atoms with Crippen LogP contribution in [0.1, 0.15) is 55.6 Å². The normalized spacial score (nSPS) is 20.7. The van der Waals surface area contributed by atoms with Crippen LogP contribution in [0.2, 0.25) is 0 Å². The van der Waals surface area contributed by atoms with Gasteiger partial charge in [-0.25, -0.2) is 0 Å². The van der Waals surface area contributed by atoms with Gasteiger partial charge in [0.2, 0.25) is 5.95 Å². The third kappa shape index (κ3) is 3.39. The Kier molecular flexibility index (Phi) is 4.80. The molecule has 2 N–H and O–H groups in total. The number of nitro groups is 1. The topological polar surface area (TPSA) is 121 Å². The average Bonchev–Trinajstić information content (AvgIpc) is 2.78. The molecule has 3 heterocycles. The number of carbonyl (C=O) groups excluding carboxylic acids is 1. The summed E-state index contributed by atoms with van der Waals surface area (Å²) < 4.78 is 0. The molecule has 1 aromatic heterocycles. The van der Waals surface area contributed by atoms with Crippen molar-refractivity contribution in [3.05, 3.63) is 67.1 Å². The number of piperidine rings is 1. The molecule has 1 aliphatic carbocycles. The summed E-state index contributed by atoms with van der Waals surface area (Å²) in [5, 5.41) is 14.3. The van der Waals surface area contributed by atoms with Gasteiger partial charge in [0, 0.05) is 48.8 Å². The van der Waals surface area contributed by atoms with Gasteiger partial charge in [-0.1, -0.05) is 12.1 Å². The maximum absolute atomic E-state index is 13.3. The number of nitrogens with one attached hydrogen (secondary N) is 2. The first-order valence-corrected chi connectivity index (χ1v) is 10.7. The van der Waals surface area contributed by atoms with E-state index in [4.69, 9.17) is 4.98 Å². The van der Waals surface area contributed by atoms with Crippen LogP contribution in [0, 0.1) is 10.1 Å². The Morgan fingerprint density at radius 2 is 1.77 bits per heavy atom. The maximum atomic E-state index is 13.3. The third-order valence-electron chi connectivity index (χ3n) is 6.34. The second-order valence-electron chi connectivity index (χ2n) is 8.28. The number of nitrogens with zero attached hydrogens (tertiary/aromatic N) is 3. The number of allylic oxidation sites excluding steroid dienone is 2. The van der Waals surface area contributed by atoms with Crippen LogP contribution in [0.3, 0.4) is 0 Å². The largest absolute Gasteiger partial charge is 0.343 e. The summed E-state index contributed by atoms with van der Waals surface area (Å²) in [6.45, 7) is 1.69. The zero-order chi connectivity index (χ0) is 21.5. The Balaban J connectivity index is 1.65. The average molecular weight is 421 g/mol. The molecule has 1 fully saturated rings. The van der Waals surface area contributed by atoms with Crippen molar-refractivity contribution in [2.45, 2.75) is 44.4 Å². The molecular weight excluding hydrogens is 398 g/mol. The molecule has 2 aliphatic heterocycles. The molecule has 31 heavy (non-hydrogen) atoms. The molecule has 1 aromatic carbocycles. The molecule has 3 aliphatic rings. The van der Waals surface area contributed by atoms with E-state index in [1.165, 1.54) is 18.6 Å². The van der Waals surface area contributed by atoms with Crippen LogP contribution >= 0.6 is 0 Å². The van der Waals surface area contributed by atoms with Crippen molar-refractivity contribution in [1.82, 2.24) is 9.97 Å². The number of carbonyl (C=O) groups is 1. The number of rotatable bonds is 3. The summed E-state index contributed by atoms with van der Waals surface area (Å²) in [7, 11) is 0. The molecular formula is C22H23N5O4. The van der Waals surface area contributed by atoms with Gasteiger partial charge in [0.15, 0.2) is 5.78 Å². The number of aromatic nitrogens is 2. The molecule has 0 bridgehead atoms. The maximum Gasteiger partial charge on any atom is 0.269 e. The number of anilines is 2. The number of hydrogen-bond donors (Lipinski definition) is 2. The Hall–Kier alpha value is -3.49. The van der Waals surface area contributed by atoms with Gasteiger partial charge >= 0.3 is 0 Å². The monoisotopic (exact) mass is 421 g/mol. The number of non-ortho nitro benzene ring substituents is 1. The molecule has 2 aromatic rings. The lowest BCUT2D eigenvalue weighted by molar-refractivity contribution is -0.384. The minimum atomic E-state index is -0.591. The van der Waals surface area contributed by atoms with E-state index >= 15 is 0 Å². The van der Waals surface area contributed by atoms with E-state index in [2.05, 4.69) is 15.2 Å². The Morgan fingerprint density at radius 3 is 2.48 bits per heavy atom. The van der Waals surface area contributed by atoms with Gasteiger partial charge in [0.1, 0.15) is 5.82 Å². The number of H-pyrrole nitrogens is 1. The molecule has 1 atom stereocenters. The summed E-state index contributed by atoms with van der Waals surface area (Å²) in [6, 6.07) is 6.08. The number of Topliss-reactive ketones (excluding diaryl/α,β-unsaturated/α-hetero) is 1. The van der Waals surface area contributed by atoms with Crippen molar-refractivity contribution >= 4 is 23.2 Å². The van der Waals surface area contributed by atoms with Crippen LogP contribution in [0.4, 0.5) is 17.5 Å². The highest BCUT2D eigenvalue weighted by molar-refractivity contribution is 6.00. The summed E-state index contributed by atoms with van der Waals surface area (Å²) >= 11 is 0. The van der Waals surface area contributed by atoms with E-state index in [9.17, 15) is 19.7 Å². The lowest BCUT2D eigenvalue weighted by Gasteiger charge is -2.34. The van der Waals surface area contributed by atoms with Gasteiger partial charge in [-0.15, -0.1) is 0 Å². The zero-order valence-electron chi connectivity index (χ0n) is 17.0. The molecule has 0 amide bonds. The molecule has 1 saturated heterocycles. The SMILES string of the molecule is O=C1CCCC2=C1C(c1ccc([N+](=O)[O-])cc1)c1c(nc(N3CCCCC3)[nH]c1=O)N2. The predicted octanol–water partition coefficient (Wildman–Crippen LogP) is 3.23. The van der Waals surface area contributed by atoms with Crippen molar-refractivity contribution in [2.75, 3.05) is 23.3 Å². The summed E-state index contributed by atoms with van der Waals surface area (Å²) in [5.74, 6) is 0.430. The number of ketones is 1. The first kappa shape index (κ1) is 19.5. The van der Waals surface area contributed by atoms with Gasteiger partial charge in [-0.3, -0.25) is 24.7 Å². The van der Waals surface area contributed by atoms with Crippen molar-refractivity contribution in [3.8, 4) is 0 Å². The molecule has 9 heteroatoms. The number of benzene rings is 1. The van der Waals surface area contributed by atoms with Gasteiger partial charge in [0.05, 0.1) is 10.5 Å². The lowest BCUT2D eigenvalue weighted by atomic mass is 9.76. The predicted molar refractivity (Wildman–Crippen MR) is 115 cm³/mol. The minimum absolute atomic E-state index is 0.00209. The number of fused-ring (bicyclic) bond motifs is 1. The minimum Gasteiger partial charge on any atom is -0.343 e. The van der Waals surface area contributed by atoms with Crippen LogP contribution in [-0.2, 0) is 4.79 Å². The van der Waals surface area contributed by atoms with E-state index < -0.39 is 10.8 Å². The smallest absolute Gasteiger partial charge is 0.269 e.